The van der Waals surface area contributed by atoms with Crippen LogP contribution in [-0.2, 0) is 0 Å². The maximum absolute atomic E-state index is 13.8. The van der Waals surface area contributed by atoms with Gasteiger partial charge in [-0.05, 0) is 45.6 Å². The molecular weight excluding hydrogens is 289 g/mol. The van der Waals surface area contributed by atoms with Crippen molar-refractivity contribution in [3.8, 4) is 0 Å². The zero-order valence-electron chi connectivity index (χ0n) is 12.9. The van der Waals surface area contributed by atoms with Crippen LogP contribution in [0.2, 0.25) is 5.02 Å². The van der Waals surface area contributed by atoms with E-state index in [2.05, 4.69) is 22.2 Å². The highest BCUT2D eigenvalue weighted by molar-refractivity contribution is 6.31. The van der Waals surface area contributed by atoms with Gasteiger partial charge in [0, 0.05) is 42.8 Å². The van der Waals surface area contributed by atoms with Gasteiger partial charge in [0.1, 0.15) is 5.82 Å². The van der Waals surface area contributed by atoms with Crippen LogP contribution < -0.4 is 5.32 Å². The molecule has 1 heterocycles. The highest BCUT2D eigenvalue weighted by Crippen LogP contribution is 2.25. The molecule has 0 bridgehead atoms. The first kappa shape index (κ1) is 16.7. The molecule has 21 heavy (non-hydrogen) atoms. The lowest BCUT2D eigenvalue weighted by molar-refractivity contribution is 0.152. The van der Waals surface area contributed by atoms with Gasteiger partial charge in [-0.15, -0.1) is 0 Å². The Labute approximate surface area is 132 Å². The minimum atomic E-state index is -0.235. The summed E-state index contributed by atoms with van der Waals surface area (Å²) in [6.45, 7) is 8.51. The van der Waals surface area contributed by atoms with Crippen molar-refractivity contribution < 1.29 is 4.39 Å². The minimum Gasteiger partial charge on any atom is -0.310 e. The predicted molar refractivity (Wildman–Crippen MR) is 86.4 cm³/mol. The number of hydrogen-bond donors (Lipinski definition) is 1. The Morgan fingerprint density at radius 3 is 2.67 bits per heavy atom. The number of rotatable bonds is 6. The SMILES string of the molecule is CC(NCCCN1CCN(C)CC1)c1c(F)cccc1Cl. The maximum Gasteiger partial charge on any atom is 0.129 e. The van der Waals surface area contributed by atoms with E-state index in [1.54, 1.807) is 12.1 Å². The van der Waals surface area contributed by atoms with Crippen LogP contribution in [0.4, 0.5) is 4.39 Å². The second-order valence-electron chi connectivity index (χ2n) is 5.81. The number of benzene rings is 1. The highest BCUT2D eigenvalue weighted by atomic mass is 35.5. The van der Waals surface area contributed by atoms with E-state index in [4.69, 9.17) is 11.6 Å². The summed E-state index contributed by atoms with van der Waals surface area (Å²) in [5, 5.41) is 3.86. The van der Waals surface area contributed by atoms with Gasteiger partial charge in [-0.25, -0.2) is 4.39 Å². The van der Waals surface area contributed by atoms with E-state index >= 15 is 0 Å². The van der Waals surface area contributed by atoms with Crippen LogP contribution in [0, 0.1) is 5.82 Å². The third-order valence-electron chi connectivity index (χ3n) is 4.13. The minimum absolute atomic E-state index is 0.0637. The summed E-state index contributed by atoms with van der Waals surface area (Å²) in [6, 6.07) is 4.78. The zero-order valence-corrected chi connectivity index (χ0v) is 13.7. The Morgan fingerprint density at radius 1 is 1.29 bits per heavy atom. The number of nitrogens with zero attached hydrogens (tertiary/aromatic N) is 2. The van der Waals surface area contributed by atoms with Crippen LogP contribution in [0.1, 0.15) is 24.9 Å². The van der Waals surface area contributed by atoms with E-state index in [0.717, 1.165) is 45.7 Å². The van der Waals surface area contributed by atoms with Crippen LogP contribution in [0.25, 0.3) is 0 Å². The number of likely N-dealkylation sites (N-methyl/N-ethyl adjacent to an activating group) is 1. The van der Waals surface area contributed by atoms with Crippen molar-refractivity contribution in [3.63, 3.8) is 0 Å². The second-order valence-corrected chi connectivity index (χ2v) is 6.22. The van der Waals surface area contributed by atoms with Crippen molar-refractivity contribution in [1.82, 2.24) is 15.1 Å². The average Bonchev–Trinajstić information content (AvgIpc) is 2.45. The lowest BCUT2D eigenvalue weighted by Crippen LogP contribution is -2.45. The van der Waals surface area contributed by atoms with Crippen LogP contribution in [0.3, 0.4) is 0 Å². The standard InChI is InChI=1S/C16H25ClFN3/c1-13(16-14(17)5-3-6-15(16)18)19-7-4-8-21-11-9-20(2)10-12-21/h3,5-6,13,19H,4,7-12H2,1-2H3. The number of nitrogens with one attached hydrogen (secondary N) is 1. The van der Waals surface area contributed by atoms with E-state index < -0.39 is 0 Å². The van der Waals surface area contributed by atoms with Crippen molar-refractivity contribution >= 4 is 11.6 Å². The van der Waals surface area contributed by atoms with Gasteiger partial charge in [0.25, 0.3) is 0 Å². The molecule has 0 saturated carbocycles. The first-order valence-electron chi connectivity index (χ1n) is 7.66. The first-order valence-corrected chi connectivity index (χ1v) is 8.04. The first-order chi connectivity index (χ1) is 10.1. The van der Waals surface area contributed by atoms with Crippen LogP contribution in [0.15, 0.2) is 18.2 Å². The summed E-state index contributed by atoms with van der Waals surface area (Å²) in [5.74, 6) is -0.235. The molecule has 1 saturated heterocycles. The third kappa shape index (κ3) is 4.92. The monoisotopic (exact) mass is 313 g/mol. The van der Waals surface area contributed by atoms with E-state index in [1.807, 2.05) is 6.92 Å². The maximum atomic E-state index is 13.8. The molecule has 1 N–H and O–H groups in total. The normalized spacial score (nSPS) is 18.9. The van der Waals surface area contributed by atoms with Crippen LogP contribution in [-0.4, -0.2) is 56.1 Å². The number of hydrogen-bond acceptors (Lipinski definition) is 3. The van der Waals surface area contributed by atoms with Crippen molar-refractivity contribution in [3.05, 3.63) is 34.6 Å². The fourth-order valence-electron chi connectivity index (χ4n) is 2.72. The van der Waals surface area contributed by atoms with Gasteiger partial charge in [0.2, 0.25) is 0 Å². The summed E-state index contributed by atoms with van der Waals surface area (Å²) < 4.78 is 13.8. The van der Waals surface area contributed by atoms with Gasteiger partial charge in [-0.1, -0.05) is 17.7 Å². The van der Waals surface area contributed by atoms with Crippen molar-refractivity contribution in [2.75, 3.05) is 46.3 Å². The molecule has 1 aromatic carbocycles. The lowest BCUT2D eigenvalue weighted by atomic mass is 10.1. The molecule has 1 aliphatic rings. The molecule has 1 fully saturated rings. The molecular formula is C16H25ClFN3. The largest absolute Gasteiger partial charge is 0.310 e. The number of halogens is 2. The van der Waals surface area contributed by atoms with E-state index in [-0.39, 0.29) is 11.9 Å². The zero-order chi connectivity index (χ0) is 15.2. The predicted octanol–water partition coefficient (Wildman–Crippen LogP) is 2.77. The Morgan fingerprint density at radius 2 is 2.00 bits per heavy atom. The topological polar surface area (TPSA) is 18.5 Å². The lowest BCUT2D eigenvalue weighted by Gasteiger charge is -2.32. The van der Waals surface area contributed by atoms with Gasteiger partial charge in [0.15, 0.2) is 0 Å². The van der Waals surface area contributed by atoms with Gasteiger partial charge < -0.3 is 15.1 Å². The molecule has 0 aliphatic carbocycles. The summed E-state index contributed by atoms with van der Waals surface area (Å²) >= 11 is 6.08. The summed E-state index contributed by atoms with van der Waals surface area (Å²) in [6.07, 6.45) is 1.07. The average molecular weight is 314 g/mol. The van der Waals surface area contributed by atoms with Crippen molar-refractivity contribution in [2.45, 2.75) is 19.4 Å². The summed E-state index contributed by atoms with van der Waals surface area (Å²) in [5.41, 5.74) is 0.568. The summed E-state index contributed by atoms with van der Waals surface area (Å²) in [4.78, 5) is 4.85. The van der Waals surface area contributed by atoms with E-state index in [1.165, 1.54) is 6.07 Å². The van der Waals surface area contributed by atoms with Gasteiger partial charge >= 0.3 is 0 Å². The van der Waals surface area contributed by atoms with Gasteiger partial charge in [-0.2, -0.15) is 0 Å². The molecule has 1 unspecified atom stereocenters. The second kappa shape index (κ2) is 8.08. The smallest absolute Gasteiger partial charge is 0.129 e. The number of piperazine rings is 1. The Kier molecular flexibility index (Phi) is 6.42. The Balaban J connectivity index is 1.71. The van der Waals surface area contributed by atoms with Crippen molar-refractivity contribution in [2.24, 2.45) is 0 Å². The Hall–Kier alpha value is -0.680. The molecule has 1 aliphatic heterocycles. The molecule has 5 heteroatoms. The molecule has 3 nitrogen and oxygen atoms in total. The third-order valence-corrected chi connectivity index (χ3v) is 4.46. The Bertz CT molecular complexity index is 427. The highest BCUT2D eigenvalue weighted by Gasteiger charge is 2.15. The molecule has 2 rings (SSSR count). The molecule has 1 aromatic rings. The van der Waals surface area contributed by atoms with Gasteiger partial charge in [0.05, 0.1) is 0 Å². The van der Waals surface area contributed by atoms with Gasteiger partial charge in [-0.3, -0.25) is 0 Å². The summed E-state index contributed by atoms with van der Waals surface area (Å²) in [7, 11) is 2.17. The van der Waals surface area contributed by atoms with E-state index in [0.29, 0.717) is 10.6 Å². The van der Waals surface area contributed by atoms with Crippen molar-refractivity contribution in [1.29, 1.82) is 0 Å². The fraction of sp³-hybridized carbons (Fsp3) is 0.625. The van der Waals surface area contributed by atoms with E-state index in [9.17, 15) is 4.39 Å². The molecule has 0 spiro atoms. The fourth-order valence-corrected chi connectivity index (χ4v) is 3.05. The molecule has 118 valence electrons. The molecule has 1 atom stereocenters. The molecule has 0 amide bonds. The quantitative estimate of drug-likeness (QED) is 0.815. The van der Waals surface area contributed by atoms with Crippen LogP contribution >= 0.6 is 11.6 Å². The molecule has 0 aromatic heterocycles. The molecule has 0 radical (unpaired) electrons. The van der Waals surface area contributed by atoms with Crippen LogP contribution in [0.5, 0.6) is 0 Å².